The maximum Gasteiger partial charge on any atom is 0.211 e. The van der Waals surface area contributed by atoms with E-state index in [0.717, 1.165) is 10.3 Å². The van der Waals surface area contributed by atoms with Crippen molar-refractivity contribution in [1.82, 2.24) is 9.71 Å². The Bertz CT molecular complexity index is 734. The van der Waals surface area contributed by atoms with Gasteiger partial charge in [-0.15, -0.1) is 0 Å². The molecule has 1 aliphatic heterocycles. The van der Waals surface area contributed by atoms with E-state index >= 15 is 0 Å². The summed E-state index contributed by atoms with van der Waals surface area (Å²) in [4.78, 5) is 14.6. The summed E-state index contributed by atoms with van der Waals surface area (Å²) in [7, 11) is 0. The minimum atomic E-state index is -0.358. The normalized spacial score (nSPS) is 20.9. The van der Waals surface area contributed by atoms with E-state index in [1.54, 1.807) is 11.9 Å². The van der Waals surface area contributed by atoms with E-state index in [4.69, 9.17) is 19.5 Å². The molecule has 1 N–H and O–H groups in total. The first-order valence-electron chi connectivity index (χ1n) is 10.1. The topological polar surface area (TPSA) is 68.1 Å². The van der Waals surface area contributed by atoms with Crippen LogP contribution in [0.4, 0.5) is 0 Å². The molecule has 2 unspecified atom stereocenters. The van der Waals surface area contributed by atoms with E-state index < -0.39 is 0 Å². The van der Waals surface area contributed by atoms with Crippen molar-refractivity contribution in [3.63, 3.8) is 0 Å². The smallest absolute Gasteiger partial charge is 0.211 e. The second-order valence-electron chi connectivity index (χ2n) is 8.13. The van der Waals surface area contributed by atoms with Gasteiger partial charge in [-0.2, -0.15) is 0 Å². The molecule has 0 radical (unpaired) electrons. The van der Waals surface area contributed by atoms with E-state index in [1.165, 1.54) is 0 Å². The zero-order valence-corrected chi connectivity index (χ0v) is 20.8. The van der Waals surface area contributed by atoms with E-state index in [-0.39, 0.29) is 28.8 Å². The molecule has 3 atom stereocenters. The molecule has 2 heterocycles. The number of aromatic nitrogens is 1. The van der Waals surface area contributed by atoms with Crippen molar-refractivity contribution in [3.05, 3.63) is 28.5 Å². The summed E-state index contributed by atoms with van der Waals surface area (Å²) < 4.78 is 16.2. The van der Waals surface area contributed by atoms with Gasteiger partial charge in [-0.25, -0.2) is 15.0 Å². The van der Waals surface area contributed by atoms with Crippen LogP contribution in [-0.2, 0) is 9.47 Å². The zero-order valence-electron chi connectivity index (χ0n) is 18.4. The SMILES string of the molecule is CCOC1=N[C@H](C(C)C)C(OCC)=NC1C(NSC(C)(C)C)c1cccc(Br)n1. The summed E-state index contributed by atoms with van der Waals surface area (Å²) >= 11 is 5.14. The maximum atomic E-state index is 5.97. The van der Waals surface area contributed by atoms with Crippen molar-refractivity contribution < 1.29 is 9.47 Å². The fourth-order valence-corrected chi connectivity index (χ4v) is 3.94. The molecule has 1 aromatic heterocycles. The van der Waals surface area contributed by atoms with Crippen molar-refractivity contribution in [3.8, 4) is 0 Å². The van der Waals surface area contributed by atoms with Crippen LogP contribution in [0.15, 0.2) is 32.8 Å². The van der Waals surface area contributed by atoms with Gasteiger partial charge in [0.2, 0.25) is 11.8 Å². The number of halogens is 1. The Labute approximate surface area is 187 Å². The fourth-order valence-electron chi connectivity index (χ4n) is 2.85. The van der Waals surface area contributed by atoms with Gasteiger partial charge in [0.25, 0.3) is 0 Å². The van der Waals surface area contributed by atoms with Crippen LogP contribution < -0.4 is 4.72 Å². The predicted octanol–water partition coefficient (Wildman–Crippen LogP) is 5.20. The molecule has 1 aromatic rings. The van der Waals surface area contributed by atoms with Gasteiger partial charge in [-0.1, -0.05) is 31.9 Å². The standard InChI is InChI=1S/C21H33BrN4O2S/c1-8-27-19-16(13(3)4)24-20(28-9-2)18(25-19)17(26-29-21(5,6)7)14-11-10-12-15(22)23-14/h10-13,16-18,26H,8-9H2,1-7H3/t16-,17?,18?/m1/s1. The molecular weight excluding hydrogens is 452 g/mol. The Balaban J connectivity index is 2.50. The van der Waals surface area contributed by atoms with Crippen LogP contribution in [0.25, 0.3) is 0 Å². The molecule has 0 fully saturated rings. The summed E-state index contributed by atoms with van der Waals surface area (Å²) in [6, 6.07) is 5.18. The summed E-state index contributed by atoms with van der Waals surface area (Å²) in [5, 5.41) is 0. The minimum absolute atomic E-state index is 0.0226. The largest absolute Gasteiger partial charge is 0.480 e. The first-order chi connectivity index (χ1) is 13.7. The number of nitrogens with one attached hydrogen (secondary N) is 1. The van der Waals surface area contributed by atoms with Crippen LogP contribution in [0, 0.1) is 5.92 Å². The van der Waals surface area contributed by atoms with Crippen LogP contribution in [0.2, 0.25) is 0 Å². The molecule has 0 aliphatic carbocycles. The van der Waals surface area contributed by atoms with E-state index in [0.29, 0.717) is 25.0 Å². The molecule has 0 spiro atoms. The molecule has 0 bridgehead atoms. The van der Waals surface area contributed by atoms with Gasteiger partial charge < -0.3 is 9.47 Å². The van der Waals surface area contributed by atoms with Gasteiger partial charge >= 0.3 is 0 Å². The summed E-state index contributed by atoms with van der Waals surface area (Å²) in [5.41, 5.74) is 0.871. The number of hydrogen-bond donors (Lipinski definition) is 1. The molecule has 0 saturated carbocycles. The van der Waals surface area contributed by atoms with Crippen LogP contribution in [-0.4, -0.2) is 46.8 Å². The van der Waals surface area contributed by atoms with E-state index in [9.17, 15) is 0 Å². The van der Waals surface area contributed by atoms with Gasteiger partial charge in [-0.05, 0) is 68.6 Å². The highest BCUT2D eigenvalue weighted by Gasteiger charge is 2.38. The third-order valence-corrected chi connectivity index (χ3v) is 5.54. The van der Waals surface area contributed by atoms with Crippen molar-refractivity contribution >= 4 is 39.7 Å². The molecule has 6 nitrogen and oxygen atoms in total. The van der Waals surface area contributed by atoms with Gasteiger partial charge in [0.1, 0.15) is 10.6 Å². The molecule has 162 valence electrons. The Hall–Kier alpha value is -1.12. The number of nitrogens with zero attached hydrogens (tertiary/aromatic N) is 3. The lowest BCUT2D eigenvalue weighted by molar-refractivity contribution is 0.270. The third-order valence-electron chi connectivity index (χ3n) is 4.12. The molecule has 0 amide bonds. The average molecular weight is 485 g/mol. The second-order valence-corrected chi connectivity index (χ2v) is 10.6. The lowest BCUT2D eigenvalue weighted by Crippen LogP contribution is -2.44. The number of ether oxygens (including phenoxy) is 2. The molecule has 0 saturated heterocycles. The van der Waals surface area contributed by atoms with Gasteiger partial charge in [0, 0.05) is 4.75 Å². The first-order valence-corrected chi connectivity index (χ1v) is 11.7. The zero-order chi connectivity index (χ0) is 21.6. The summed E-state index contributed by atoms with van der Waals surface area (Å²) in [5.74, 6) is 1.55. The number of rotatable bonds is 7. The average Bonchev–Trinajstić information content (AvgIpc) is 2.63. The minimum Gasteiger partial charge on any atom is -0.480 e. The molecule has 29 heavy (non-hydrogen) atoms. The van der Waals surface area contributed by atoms with Crippen LogP contribution in [0.3, 0.4) is 0 Å². The van der Waals surface area contributed by atoms with Crippen LogP contribution >= 0.6 is 27.9 Å². The third kappa shape index (κ3) is 6.96. The van der Waals surface area contributed by atoms with Crippen molar-refractivity contribution in [2.24, 2.45) is 15.9 Å². The number of hydrogen-bond acceptors (Lipinski definition) is 7. The Morgan fingerprint density at radius 2 is 1.66 bits per heavy atom. The number of aliphatic imine (C=N–C) groups is 2. The van der Waals surface area contributed by atoms with Gasteiger partial charge in [0.05, 0.1) is 24.9 Å². The van der Waals surface area contributed by atoms with E-state index in [2.05, 4.69) is 60.3 Å². The Kier molecular flexibility index (Phi) is 8.97. The molecule has 8 heteroatoms. The van der Waals surface area contributed by atoms with Crippen molar-refractivity contribution in [2.75, 3.05) is 13.2 Å². The first kappa shape index (κ1) is 24.2. The lowest BCUT2D eigenvalue weighted by atomic mass is 9.99. The Morgan fingerprint density at radius 1 is 1.07 bits per heavy atom. The van der Waals surface area contributed by atoms with E-state index in [1.807, 2.05) is 32.0 Å². The summed E-state index contributed by atoms with van der Waals surface area (Å²) in [6.45, 7) is 15.8. The quantitative estimate of drug-likeness (QED) is 0.425. The lowest BCUT2D eigenvalue weighted by Gasteiger charge is -2.33. The van der Waals surface area contributed by atoms with Gasteiger partial charge in [0.15, 0.2) is 6.04 Å². The highest BCUT2D eigenvalue weighted by Crippen LogP contribution is 2.31. The molecule has 1 aliphatic rings. The fraction of sp³-hybridized carbons (Fsp3) is 0.667. The highest BCUT2D eigenvalue weighted by molar-refractivity contribution is 9.10. The van der Waals surface area contributed by atoms with Crippen molar-refractivity contribution in [2.45, 2.75) is 71.3 Å². The second kappa shape index (κ2) is 10.8. The van der Waals surface area contributed by atoms with Crippen LogP contribution in [0.1, 0.15) is 60.2 Å². The number of pyridine rings is 1. The summed E-state index contributed by atoms with van der Waals surface area (Å²) in [6.07, 6.45) is 0. The van der Waals surface area contributed by atoms with Gasteiger partial charge in [-0.3, -0.25) is 4.72 Å². The Morgan fingerprint density at radius 3 is 2.17 bits per heavy atom. The maximum absolute atomic E-state index is 5.97. The predicted molar refractivity (Wildman–Crippen MR) is 126 cm³/mol. The highest BCUT2D eigenvalue weighted by atomic mass is 79.9. The van der Waals surface area contributed by atoms with Crippen LogP contribution in [0.5, 0.6) is 0 Å². The van der Waals surface area contributed by atoms with Crippen molar-refractivity contribution in [1.29, 1.82) is 0 Å². The molecule has 2 rings (SSSR count). The monoisotopic (exact) mass is 484 g/mol. The molecular formula is C21H33BrN4O2S. The molecule has 0 aromatic carbocycles.